The molecule has 26 heavy (non-hydrogen) atoms. The van der Waals surface area contributed by atoms with E-state index in [0.717, 1.165) is 0 Å². The Bertz CT molecular complexity index is 872. The van der Waals surface area contributed by atoms with Crippen molar-refractivity contribution in [2.75, 3.05) is 21.3 Å². The Hall–Kier alpha value is -3.22. The molecule has 1 aliphatic rings. The third-order valence-corrected chi connectivity index (χ3v) is 4.25. The Morgan fingerprint density at radius 1 is 1.12 bits per heavy atom. The molecule has 2 aromatic carbocycles. The molecule has 2 aromatic rings. The minimum Gasteiger partial charge on any atom is -0.507 e. The molecule has 0 saturated carbocycles. The number of Topliss-reactive ketones (excluding diaryl/α,β-unsaturated/α-hetero) is 1. The van der Waals surface area contributed by atoms with Gasteiger partial charge < -0.3 is 24.1 Å². The lowest BCUT2D eigenvalue weighted by atomic mass is 9.97. The van der Waals surface area contributed by atoms with Crippen LogP contribution in [0.5, 0.6) is 23.0 Å². The number of cyclic esters (lactones) is 1. The topological polar surface area (TPSA) is 91.3 Å². The van der Waals surface area contributed by atoms with Crippen LogP contribution in [0.1, 0.15) is 38.8 Å². The van der Waals surface area contributed by atoms with Gasteiger partial charge in [0.25, 0.3) is 0 Å². The zero-order chi connectivity index (χ0) is 18.8. The molecule has 1 unspecified atom stereocenters. The molecule has 3 rings (SSSR count). The maximum atomic E-state index is 12.6. The average molecular weight is 358 g/mol. The van der Waals surface area contributed by atoms with Gasteiger partial charge in [0.2, 0.25) is 0 Å². The molecule has 7 heteroatoms. The Morgan fingerprint density at radius 2 is 1.88 bits per heavy atom. The Labute approximate surface area is 150 Å². The fraction of sp³-hybridized carbons (Fsp3) is 0.263. The highest BCUT2D eigenvalue weighted by Crippen LogP contribution is 2.43. The second-order valence-electron chi connectivity index (χ2n) is 5.67. The number of hydrogen-bond donors (Lipinski definition) is 1. The summed E-state index contributed by atoms with van der Waals surface area (Å²) < 4.78 is 20.9. The van der Waals surface area contributed by atoms with E-state index >= 15 is 0 Å². The van der Waals surface area contributed by atoms with Crippen molar-refractivity contribution in [3.63, 3.8) is 0 Å². The molecule has 0 spiro atoms. The predicted octanol–water partition coefficient (Wildman–Crippen LogP) is 2.90. The number of ether oxygens (including phenoxy) is 4. The van der Waals surface area contributed by atoms with Crippen LogP contribution in [0.15, 0.2) is 30.3 Å². The highest BCUT2D eigenvalue weighted by molar-refractivity contribution is 6.02. The predicted molar refractivity (Wildman–Crippen MR) is 91.3 cm³/mol. The van der Waals surface area contributed by atoms with Gasteiger partial charge in [0.05, 0.1) is 33.3 Å². The number of esters is 1. The van der Waals surface area contributed by atoms with E-state index in [1.165, 1.54) is 33.5 Å². The van der Waals surface area contributed by atoms with Gasteiger partial charge in [-0.2, -0.15) is 0 Å². The summed E-state index contributed by atoms with van der Waals surface area (Å²) in [6.45, 7) is 0. The van der Waals surface area contributed by atoms with Crippen LogP contribution in [0, 0.1) is 0 Å². The molecular formula is C19H18O7. The lowest BCUT2D eigenvalue weighted by Gasteiger charge is -2.13. The van der Waals surface area contributed by atoms with Crippen LogP contribution in [-0.2, 0) is 4.74 Å². The van der Waals surface area contributed by atoms with Gasteiger partial charge in [-0.25, -0.2) is 4.79 Å². The molecule has 1 heterocycles. The number of methoxy groups -OCH3 is 3. The smallest absolute Gasteiger partial charge is 0.343 e. The first-order valence-electron chi connectivity index (χ1n) is 7.86. The van der Waals surface area contributed by atoms with Crippen LogP contribution in [0.3, 0.4) is 0 Å². The van der Waals surface area contributed by atoms with Gasteiger partial charge in [-0.15, -0.1) is 0 Å². The van der Waals surface area contributed by atoms with E-state index in [2.05, 4.69) is 0 Å². The van der Waals surface area contributed by atoms with E-state index in [1.54, 1.807) is 18.2 Å². The first-order valence-corrected chi connectivity index (χ1v) is 7.86. The fourth-order valence-electron chi connectivity index (χ4n) is 2.97. The van der Waals surface area contributed by atoms with Crippen LogP contribution in [-0.4, -0.2) is 38.2 Å². The standard InChI is InChI=1S/C19H18O7/c1-23-10-4-6-13(20)12(8-10)14(21)9-16-11-5-7-15(24-2)18(25-3)17(11)19(22)26-16/h4-8,16,20H,9H2,1-3H3. The zero-order valence-corrected chi connectivity index (χ0v) is 14.6. The van der Waals surface area contributed by atoms with Crippen LogP contribution in [0.25, 0.3) is 0 Å². The second kappa shape index (κ2) is 6.95. The van der Waals surface area contributed by atoms with Crippen molar-refractivity contribution in [3.8, 4) is 23.0 Å². The van der Waals surface area contributed by atoms with Crippen molar-refractivity contribution in [2.24, 2.45) is 0 Å². The van der Waals surface area contributed by atoms with Gasteiger partial charge in [-0.1, -0.05) is 6.07 Å². The van der Waals surface area contributed by atoms with E-state index in [4.69, 9.17) is 18.9 Å². The van der Waals surface area contributed by atoms with Crippen molar-refractivity contribution in [3.05, 3.63) is 47.0 Å². The zero-order valence-electron chi connectivity index (χ0n) is 14.6. The van der Waals surface area contributed by atoms with Gasteiger partial charge in [0.15, 0.2) is 17.3 Å². The van der Waals surface area contributed by atoms with Crippen molar-refractivity contribution in [2.45, 2.75) is 12.5 Å². The number of aromatic hydroxyl groups is 1. The van der Waals surface area contributed by atoms with Gasteiger partial charge in [0.1, 0.15) is 23.2 Å². The highest BCUT2D eigenvalue weighted by Gasteiger charge is 2.37. The number of carbonyl (C=O) groups excluding carboxylic acids is 2. The minimum atomic E-state index is -0.768. The van der Waals surface area contributed by atoms with E-state index in [9.17, 15) is 14.7 Å². The number of rotatable bonds is 6. The molecule has 136 valence electrons. The van der Waals surface area contributed by atoms with Gasteiger partial charge in [-0.05, 0) is 24.3 Å². The average Bonchev–Trinajstić information content (AvgIpc) is 2.96. The maximum Gasteiger partial charge on any atom is 0.343 e. The Balaban J connectivity index is 1.92. The largest absolute Gasteiger partial charge is 0.507 e. The molecule has 1 aliphatic heterocycles. The van der Waals surface area contributed by atoms with Gasteiger partial charge >= 0.3 is 5.97 Å². The van der Waals surface area contributed by atoms with E-state index in [0.29, 0.717) is 17.1 Å². The summed E-state index contributed by atoms with van der Waals surface area (Å²) in [6, 6.07) is 7.71. The molecule has 0 aliphatic carbocycles. The number of hydrogen-bond acceptors (Lipinski definition) is 7. The van der Waals surface area contributed by atoms with Crippen molar-refractivity contribution in [1.82, 2.24) is 0 Å². The van der Waals surface area contributed by atoms with E-state index < -0.39 is 12.1 Å². The molecule has 1 N–H and O–H groups in total. The van der Waals surface area contributed by atoms with Crippen LogP contribution >= 0.6 is 0 Å². The Kier molecular flexibility index (Phi) is 4.71. The third kappa shape index (κ3) is 2.92. The van der Waals surface area contributed by atoms with Gasteiger partial charge in [-0.3, -0.25) is 4.79 Å². The van der Waals surface area contributed by atoms with Crippen LogP contribution in [0.2, 0.25) is 0 Å². The normalized spacial score (nSPS) is 15.2. The second-order valence-corrected chi connectivity index (χ2v) is 5.67. The summed E-state index contributed by atoms with van der Waals surface area (Å²) >= 11 is 0. The van der Waals surface area contributed by atoms with Crippen molar-refractivity contribution >= 4 is 11.8 Å². The van der Waals surface area contributed by atoms with Crippen LogP contribution < -0.4 is 14.2 Å². The van der Waals surface area contributed by atoms with Crippen molar-refractivity contribution in [1.29, 1.82) is 0 Å². The summed E-state index contributed by atoms with van der Waals surface area (Å²) in [4.78, 5) is 24.9. The number of benzene rings is 2. The van der Waals surface area contributed by atoms with Crippen molar-refractivity contribution < 1.29 is 33.6 Å². The SMILES string of the molecule is COc1ccc(O)c(C(=O)CC2OC(=O)c3c2ccc(OC)c3OC)c1. The number of ketones is 1. The molecule has 1 atom stereocenters. The first-order chi connectivity index (χ1) is 12.5. The first kappa shape index (κ1) is 17.6. The number of fused-ring (bicyclic) bond motifs is 1. The molecular weight excluding hydrogens is 340 g/mol. The molecule has 0 bridgehead atoms. The van der Waals surface area contributed by atoms with Crippen LogP contribution in [0.4, 0.5) is 0 Å². The quantitative estimate of drug-likeness (QED) is 0.627. The summed E-state index contributed by atoms with van der Waals surface area (Å²) in [5, 5.41) is 9.95. The highest BCUT2D eigenvalue weighted by atomic mass is 16.6. The number of carbonyl (C=O) groups is 2. The molecule has 0 amide bonds. The van der Waals surface area contributed by atoms with E-state index in [-0.39, 0.29) is 34.8 Å². The fourth-order valence-corrected chi connectivity index (χ4v) is 2.97. The summed E-state index contributed by atoms with van der Waals surface area (Å²) in [5.74, 6) is 0.00840. The molecule has 7 nitrogen and oxygen atoms in total. The maximum absolute atomic E-state index is 12.6. The molecule has 0 aromatic heterocycles. The Morgan fingerprint density at radius 3 is 2.54 bits per heavy atom. The minimum absolute atomic E-state index is 0.106. The lowest BCUT2D eigenvalue weighted by Crippen LogP contribution is -2.08. The number of phenolic OH excluding ortho intramolecular Hbond substituents is 1. The number of phenols is 1. The third-order valence-electron chi connectivity index (χ3n) is 4.25. The summed E-state index contributed by atoms with van der Waals surface area (Å²) in [7, 11) is 4.37. The summed E-state index contributed by atoms with van der Waals surface area (Å²) in [6.07, 6.45) is -0.884. The molecule has 0 saturated heterocycles. The summed E-state index contributed by atoms with van der Waals surface area (Å²) in [5.41, 5.74) is 0.900. The molecule has 0 fully saturated rings. The van der Waals surface area contributed by atoms with E-state index in [1.807, 2.05) is 0 Å². The monoisotopic (exact) mass is 358 g/mol. The molecule has 0 radical (unpaired) electrons. The lowest BCUT2D eigenvalue weighted by molar-refractivity contribution is 0.0365. The van der Waals surface area contributed by atoms with Gasteiger partial charge in [0, 0.05) is 5.56 Å².